The Hall–Kier alpha value is -2.13. The first-order valence-corrected chi connectivity index (χ1v) is 8.39. The number of nitrogens with zero attached hydrogens (tertiary/aromatic N) is 1. The van der Waals surface area contributed by atoms with Crippen molar-refractivity contribution in [2.24, 2.45) is 0 Å². The van der Waals surface area contributed by atoms with Crippen LogP contribution in [-0.4, -0.2) is 4.98 Å². The van der Waals surface area contributed by atoms with Gasteiger partial charge < -0.3 is 5.73 Å². The van der Waals surface area contributed by atoms with E-state index in [9.17, 15) is 0 Å². The quantitative estimate of drug-likeness (QED) is 0.680. The Morgan fingerprint density at radius 3 is 2.32 bits per heavy atom. The van der Waals surface area contributed by atoms with Gasteiger partial charge in [0.1, 0.15) is 0 Å². The number of hydrogen-bond acceptors (Lipinski definition) is 3. The van der Waals surface area contributed by atoms with Crippen LogP contribution in [0.1, 0.15) is 35.9 Å². The van der Waals surface area contributed by atoms with Gasteiger partial charge in [-0.15, -0.1) is 11.3 Å². The molecule has 0 fully saturated rings. The molecule has 1 aromatic heterocycles. The lowest BCUT2D eigenvalue weighted by Gasteiger charge is -2.05. The van der Waals surface area contributed by atoms with Gasteiger partial charge >= 0.3 is 0 Å². The van der Waals surface area contributed by atoms with E-state index in [0.717, 1.165) is 22.8 Å². The Labute approximate surface area is 135 Å². The van der Waals surface area contributed by atoms with Crippen molar-refractivity contribution in [3.63, 3.8) is 0 Å². The molecule has 2 N–H and O–H groups in total. The monoisotopic (exact) mass is 308 g/mol. The van der Waals surface area contributed by atoms with E-state index >= 15 is 0 Å². The smallest absolute Gasteiger partial charge is 0.0976 e. The summed E-state index contributed by atoms with van der Waals surface area (Å²) in [6, 6.07) is 16.7. The molecule has 0 spiro atoms. The van der Waals surface area contributed by atoms with Gasteiger partial charge in [0.15, 0.2) is 0 Å². The number of anilines is 1. The molecule has 0 unspecified atom stereocenters. The van der Waals surface area contributed by atoms with E-state index in [4.69, 9.17) is 10.7 Å². The summed E-state index contributed by atoms with van der Waals surface area (Å²) in [6.07, 6.45) is 0.856. The summed E-state index contributed by atoms with van der Waals surface area (Å²) in [5, 5.41) is 3.27. The molecule has 3 heteroatoms. The summed E-state index contributed by atoms with van der Waals surface area (Å²) in [6.45, 7) is 4.42. The van der Waals surface area contributed by atoms with Crippen LogP contribution in [0.15, 0.2) is 53.9 Å². The lowest BCUT2D eigenvalue weighted by molar-refractivity contribution is 0.867. The Morgan fingerprint density at radius 1 is 1.00 bits per heavy atom. The first kappa shape index (κ1) is 14.8. The second kappa shape index (κ2) is 6.32. The van der Waals surface area contributed by atoms with Gasteiger partial charge in [-0.1, -0.05) is 50.2 Å². The molecule has 0 amide bonds. The number of aromatic nitrogens is 1. The number of nitrogens with two attached hydrogens (primary N) is 1. The van der Waals surface area contributed by atoms with Gasteiger partial charge in [-0.2, -0.15) is 0 Å². The van der Waals surface area contributed by atoms with E-state index < -0.39 is 0 Å². The fraction of sp³-hybridized carbons (Fsp3) is 0.211. The van der Waals surface area contributed by atoms with E-state index in [1.807, 2.05) is 12.1 Å². The zero-order chi connectivity index (χ0) is 15.5. The maximum Gasteiger partial charge on any atom is 0.0976 e. The van der Waals surface area contributed by atoms with E-state index in [1.54, 1.807) is 11.3 Å². The van der Waals surface area contributed by atoms with Crippen molar-refractivity contribution in [1.29, 1.82) is 0 Å². The van der Waals surface area contributed by atoms with Crippen LogP contribution in [-0.2, 0) is 6.42 Å². The summed E-state index contributed by atoms with van der Waals surface area (Å²) in [7, 11) is 0. The lowest BCUT2D eigenvalue weighted by atomic mass is 10.0. The first-order valence-electron chi connectivity index (χ1n) is 7.51. The van der Waals surface area contributed by atoms with E-state index in [2.05, 4.69) is 55.6 Å². The predicted octanol–water partition coefficient (Wildman–Crippen LogP) is 5.11. The van der Waals surface area contributed by atoms with Gasteiger partial charge in [0.2, 0.25) is 0 Å². The summed E-state index contributed by atoms with van der Waals surface area (Å²) >= 11 is 1.71. The van der Waals surface area contributed by atoms with Crippen LogP contribution in [0.5, 0.6) is 0 Å². The molecule has 0 bridgehead atoms. The zero-order valence-electron chi connectivity index (χ0n) is 12.9. The van der Waals surface area contributed by atoms with Gasteiger partial charge in [-0.3, -0.25) is 0 Å². The molecule has 0 aliphatic carbocycles. The number of benzene rings is 2. The minimum absolute atomic E-state index is 0.561. The molecule has 0 aliphatic heterocycles. The molecule has 3 aromatic rings. The summed E-state index contributed by atoms with van der Waals surface area (Å²) in [5.74, 6) is 0.561. The molecule has 0 atom stereocenters. The third kappa shape index (κ3) is 3.37. The minimum Gasteiger partial charge on any atom is -0.399 e. The molecule has 0 saturated carbocycles. The Morgan fingerprint density at radius 2 is 1.68 bits per heavy atom. The van der Waals surface area contributed by atoms with Gasteiger partial charge in [0.25, 0.3) is 0 Å². The van der Waals surface area contributed by atoms with E-state index in [-0.39, 0.29) is 0 Å². The van der Waals surface area contributed by atoms with Gasteiger partial charge in [0.05, 0.1) is 10.7 Å². The van der Waals surface area contributed by atoms with Crippen LogP contribution in [0.2, 0.25) is 0 Å². The summed E-state index contributed by atoms with van der Waals surface area (Å²) < 4.78 is 0. The second-order valence-electron chi connectivity index (χ2n) is 5.82. The molecule has 112 valence electrons. The molecule has 22 heavy (non-hydrogen) atoms. The molecule has 1 heterocycles. The maximum atomic E-state index is 5.72. The van der Waals surface area contributed by atoms with Crippen molar-refractivity contribution in [1.82, 2.24) is 4.98 Å². The van der Waals surface area contributed by atoms with Crippen LogP contribution in [0, 0.1) is 0 Å². The van der Waals surface area contributed by atoms with Crippen molar-refractivity contribution < 1.29 is 0 Å². The molecular weight excluding hydrogens is 288 g/mol. The van der Waals surface area contributed by atoms with Crippen LogP contribution in [0.3, 0.4) is 0 Å². The van der Waals surface area contributed by atoms with Crippen LogP contribution in [0.4, 0.5) is 5.69 Å². The van der Waals surface area contributed by atoms with Crippen molar-refractivity contribution in [2.45, 2.75) is 26.2 Å². The molecule has 0 aliphatic rings. The summed E-state index contributed by atoms with van der Waals surface area (Å²) in [5.41, 5.74) is 11.4. The molecule has 2 aromatic carbocycles. The molecule has 3 rings (SSSR count). The van der Waals surface area contributed by atoms with Crippen LogP contribution in [0.25, 0.3) is 11.3 Å². The zero-order valence-corrected chi connectivity index (χ0v) is 13.7. The lowest BCUT2D eigenvalue weighted by Crippen LogP contribution is -1.90. The standard InChI is InChI=1S/C19H20N2S/c1-13(2)15-5-7-16(8-6-15)18-12-22-19(21-18)11-14-3-9-17(20)10-4-14/h3-10,12-13H,11,20H2,1-2H3. The highest BCUT2D eigenvalue weighted by atomic mass is 32.1. The topological polar surface area (TPSA) is 38.9 Å². The highest BCUT2D eigenvalue weighted by Crippen LogP contribution is 2.25. The number of rotatable bonds is 4. The fourth-order valence-electron chi connectivity index (χ4n) is 2.37. The van der Waals surface area contributed by atoms with Gasteiger partial charge in [-0.25, -0.2) is 4.98 Å². The highest BCUT2D eigenvalue weighted by Gasteiger charge is 2.06. The Bertz CT molecular complexity index is 740. The molecule has 0 saturated heterocycles. The van der Waals surface area contributed by atoms with Gasteiger partial charge in [0, 0.05) is 23.1 Å². The largest absolute Gasteiger partial charge is 0.399 e. The van der Waals surface area contributed by atoms with Crippen molar-refractivity contribution >= 4 is 17.0 Å². The maximum absolute atomic E-state index is 5.72. The fourth-order valence-corrected chi connectivity index (χ4v) is 3.21. The van der Waals surface area contributed by atoms with Crippen molar-refractivity contribution in [3.8, 4) is 11.3 Å². The Balaban J connectivity index is 1.77. The molecule has 0 radical (unpaired) electrons. The third-order valence-electron chi connectivity index (χ3n) is 3.76. The highest BCUT2D eigenvalue weighted by molar-refractivity contribution is 7.10. The van der Waals surface area contributed by atoms with Gasteiger partial charge in [-0.05, 0) is 29.2 Å². The van der Waals surface area contributed by atoms with Crippen molar-refractivity contribution in [3.05, 3.63) is 70.0 Å². The predicted molar refractivity (Wildman–Crippen MR) is 95.3 cm³/mol. The number of thiazole rings is 1. The minimum atomic E-state index is 0.561. The van der Waals surface area contributed by atoms with Crippen LogP contribution < -0.4 is 5.73 Å². The second-order valence-corrected chi connectivity index (χ2v) is 6.76. The summed E-state index contributed by atoms with van der Waals surface area (Å²) in [4.78, 5) is 4.76. The molecular formula is C19H20N2S. The normalized spacial score (nSPS) is 11.0. The third-order valence-corrected chi connectivity index (χ3v) is 4.61. The molecule has 2 nitrogen and oxygen atoms in total. The van der Waals surface area contributed by atoms with Crippen LogP contribution >= 0.6 is 11.3 Å². The number of nitrogen functional groups attached to an aromatic ring is 1. The number of hydrogen-bond donors (Lipinski definition) is 1. The SMILES string of the molecule is CC(C)c1ccc(-c2csc(Cc3ccc(N)cc3)n2)cc1. The average Bonchev–Trinajstić information content (AvgIpc) is 2.98. The van der Waals surface area contributed by atoms with E-state index in [1.165, 1.54) is 16.7 Å². The van der Waals surface area contributed by atoms with E-state index in [0.29, 0.717) is 5.92 Å². The Kier molecular flexibility index (Phi) is 4.25. The van der Waals surface area contributed by atoms with Crippen molar-refractivity contribution in [2.75, 3.05) is 5.73 Å². The first-order chi connectivity index (χ1) is 10.6. The average molecular weight is 308 g/mol.